The fraction of sp³-hybridized carbons (Fsp3) is 0.412. The van der Waals surface area contributed by atoms with E-state index >= 15 is 0 Å². The molecule has 9 heteroatoms. The maximum Gasteiger partial charge on any atom is 0.416 e. The number of hydrogen-bond donors (Lipinski definition) is 1. The van der Waals surface area contributed by atoms with E-state index in [4.69, 9.17) is 4.74 Å². The molecule has 0 amide bonds. The van der Waals surface area contributed by atoms with Gasteiger partial charge in [0.1, 0.15) is 0 Å². The lowest BCUT2D eigenvalue weighted by molar-refractivity contribution is -0.137. The van der Waals surface area contributed by atoms with Gasteiger partial charge in [-0.05, 0) is 38.1 Å². The molecule has 1 aromatic heterocycles. The molecule has 1 aliphatic rings. The van der Waals surface area contributed by atoms with Crippen LogP contribution in [0.5, 0.6) is 0 Å². The van der Waals surface area contributed by atoms with E-state index < -0.39 is 11.7 Å². The molecule has 1 saturated heterocycles. The highest BCUT2D eigenvalue weighted by Crippen LogP contribution is 2.30. The molecule has 0 bridgehead atoms. The fourth-order valence-corrected chi connectivity index (χ4v) is 3.53. The van der Waals surface area contributed by atoms with Crippen LogP contribution in [0.25, 0.3) is 0 Å². The van der Waals surface area contributed by atoms with E-state index in [2.05, 4.69) is 20.4 Å². The lowest BCUT2D eigenvalue weighted by atomic mass is 10.2. The number of rotatable bonds is 4. The van der Waals surface area contributed by atoms with Gasteiger partial charge < -0.3 is 9.64 Å². The Bertz CT molecular complexity index is 750. The number of morpholine rings is 1. The zero-order valence-corrected chi connectivity index (χ0v) is 15.1. The van der Waals surface area contributed by atoms with Gasteiger partial charge in [-0.3, -0.25) is 5.43 Å². The summed E-state index contributed by atoms with van der Waals surface area (Å²) >= 11 is 1.51. The first kappa shape index (κ1) is 18.7. The average Bonchev–Trinajstić information content (AvgIpc) is 3.02. The lowest BCUT2D eigenvalue weighted by Crippen LogP contribution is -2.45. The van der Waals surface area contributed by atoms with E-state index in [1.165, 1.54) is 23.5 Å². The molecule has 140 valence electrons. The second-order valence-electron chi connectivity index (χ2n) is 6.15. The highest BCUT2D eigenvalue weighted by atomic mass is 32.1. The van der Waals surface area contributed by atoms with Crippen molar-refractivity contribution in [2.24, 2.45) is 5.10 Å². The number of aromatic nitrogens is 1. The summed E-state index contributed by atoms with van der Waals surface area (Å²) in [4.78, 5) is 7.46. The zero-order chi connectivity index (χ0) is 18.7. The van der Waals surface area contributed by atoms with Gasteiger partial charge in [-0.25, -0.2) is 4.98 Å². The lowest BCUT2D eigenvalue weighted by Gasteiger charge is -2.35. The molecule has 0 aliphatic carbocycles. The summed E-state index contributed by atoms with van der Waals surface area (Å²) in [7, 11) is 0. The van der Waals surface area contributed by atoms with Crippen LogP contribution in [0.3, 0.4) is 0 Å². The second-order valence-corrected chi connectivity index (χ2v) is 7.19. The Hall–Kier alpha value is -2.13. The first-order valence-electron chi connectivity index (χ1n) is 8.14. The van der Waals surface area contributed by atoms with Crippen molar-refractivity contribution in [3.05, 3.63) is 40.9 Å². The number of halogens is 3. The van der Waals surface area contributed by atoms with E-state index in [-0.39, 0.29) is 12.2 Å². The molecule has 0 spiro atoms. The van der Waals surface area contributed by atoms with Crippen molar-refractivity contribution >= 4 is 28.4 Å². The molecule has 1 aromatic carbocycles. The van der Waals surface area contributed by atoms with E-state index in [0.29, 0.717) is 5.69 Å². The maximum atomic E-state index is 12.5. The largest absolute Gasteiger partial charge is 0.416 e. The van der Waals surface area contributed by atoms with E-state index in [9.17, 15) is 13.2 Å². The molecule has 2 aromatic rings. The van der Waals surface area contributed by atoms with Gasteiger partial charge >= 0.3 is 6.18 Å². The molecule has 1 aliphatic heterocycles. The maximum absolute atomic E-state index is 12.5. The smallest absolute Gasteiger partial charge is 0.372 e. The van der Waals surface area contributed by atoms with Gasteiger partial charge in [0.05, 0.1) is 34.6 Å². The van der Waals surface area contributed by atoms with Crippen molar-refractivity contribution in [1.82, 2.24) is 4.98 Å². The Kier molecular flexibility index (Phi) is 5.47. The molecule has 1 N–H and O–H groups in total. The molecule has 2 heterocycles. The Morgan fingerprint density at radius 1 is 1.23 bits per heavy atom. The SMILES string of the molecule is C[C@H]1CN(c2ncc(/C=N\Nc3ccc(C(F)(F)F)cc3)s2)C[C@H](C)O1. The van der Waals surface area contributed by atoms with Gasteiger partial charge in [-0.2, -0.15) is 18.3 Å². The molecular formula is C17H19F3N4OS. The zero-order valence-electron chi connectivity index (χ0n) is 14.3. The summed E-state index contributed by atoms with van der Waals surface area (Å²) in [5.41, 5.74) is 2.52. The molecule has 5 nitrogen and oxygen atoms in total. The number of ether oxygens (including phenoxy) is 1. The third-order valence-electron chi connectivity index (χ3n) is 3.80. The van der Waals surface area contributed by atoms with Crippen molar-refractivity contribution in [2.45, 2.75) is 32.2 Å². The Morgan fingerprint density at radius 2 is 1.88 bits per heavy atom. The quantitative estimate of drug-likeness (QED) is 0.633. The summed E-state index contributed by atoms with van der Waals surface area (Å²) < 4.78 is 43.3. The standard InChI is InChI=1S/C17H19F3N4OS/c1-11-9-24(10-12(2)25-11)16-21-7-15(26-16)8-22-23-14-5-3-13(4-6-14)17(18,19)20/h3-8,11-12,23H,9-10H2,1-2H3/b22-8-/t11-,12-/m0/s1. The Balaban J connectivity index is 1.59. The van der Waals surface area contributed by atoms with Crippen LogP contribution in [0.1, 0.15) is 24.3 Å². The number of nitrogens with zero attached hydrogens (tertiary/aromatic N) is 3. The number of benzene rings is 1. The summed E-state index contributed by atoms with van der Waals surface area (Å²) in [5.74, 6) is 0. The van der Waals surface area contributed by atoms with Crippen molar-refractivity contribution < 1.29 is 17.9 Å². The van der Waals surface area contributed by atoms with Gasteiger partial charge in [0.25, 0.3) is 0 Å². The van der Waals surface area contributed by atoms with Crippen LogP contribution in [0.2, 0.25) is 0 Å². The third kappa shape index (κ3) is 4.73. The molecule has 1 fully saturated rings. The summed E-state index contributed by atoms with van der Waals surface area (Å²) in [6.07, 6.45) is -0.702. The third-order valence-corrected chi connectivity index (χ3v) is 4.79. The monoisotopic (exact) mass is 384 g/mol. The van der Waals surface area contributed by atoms with E-state index in [1.807, 2.05) is 13.8 Å². The van der Waals surface area contributed by atoms with Crippen LogP contribution in [0.4, 0.5) is 24.0 Å². The number of alkyl halides is 3. The molecule has 3 rings (SSSR count). The molecule has 2 atom stereocenters. The van der Waals surface area contributed by atoms with Gasteiger partial charge in [0.2, 0.25) is 0 Å². The van der Waals surface area contributed by atoms with Gasteiger partial charge in [0, 0.05) is 19.3 Å². The molecule has 0 unspecified atom stereocenters. The van der Waals surface area contributed by atoms with Crippen LogP contribution >= 0.6 is 11.3 Å². The molecule has 0 saturated carbocycles. The van der Waals surface area contributed by atoms with Gasteiger partial charge in [0.15, 0.2) is 5.13 Å². The van der Waals surface area contributed by atoms with E-state index in [0.717, 1.165) is 35.2 Å². The molecule has 26 heavy (non-hydrogen) atoms. The van der Waals surface area contributed by atoms with Crippen LogP contribution in [0, 0.1) is 0 Å². The van der Waals surface area contributed by atoms with Crippen LogP contribution < -0.4 is 10.3 Å². The summed E-state index contributed by atoms with van der Waals surface area (Å²) in [6.45, 7) is 5.65. The summed E-state index contributed by atoms with van der Waals surface area (Å²) in [5, 5.41) is 4.97. The van der Waals surface area contributed by atoms with Crippen LogP contribution in [-0.2, 0) is 10.9 Å². The van der Waals surface area contributed by atoms with Crippen molar-refractivity contribution in [3.8, 4) is 0 Å². The van der Waals surface area contributed by atoms with Crippen molar-refractivity contribution in [2.75, 3.05) is 23.4 Å². The van der Waals surface area contributed by atoms with Gasteiger partial charge in [-0.1, -0.05) is 11.3 Å². The number of nitrogens with one attached hydrogen (secondary N) is 1. The predicted octanol–water partition coefficient (Wildman–Crippen LogP) is 4.22. The average molecular weight is 384 g/mol. The van der Waals surface area contributed by atoms with Gasteiger partial charge in [-0.15, -0.1) is 0 Å². The highest BCUT2D eigenvalue weighted by molar-refractivity contribution is 7.17. The predicted molar refractivity (Wildman–Crippen MR) is 97.0 cm³/mol. The van der Waals surface area contributed by atoms with Crippen LogP contribution in [0.15, 0.2) is 35.6 Å². The topological polar surface area (TPSA) is 49.8 Å². The highest BCUT2D eigenvalue weighted by Gasteiger charge is 2.29. The second kappa shape index (κ2) is 7.63. The normalized spacial score (nSPS) is 21.3. The van der Waals surface area contributed by atoms with E-state index in [1.54, 1.807) is 12.4 Å². The van der Waals surface area contributed by atoms with Crippen molar-refractivity contribution in [3.63, 3.8) is 0 Å². The Morgan fingerprint density at radius 3 is 2.50 bits per heavy atom. The number of thiazole rings is 1. The van der Waals surface area contributed by atoms with Crippen molar-refractivity contribution in [1.29, 1.82) is 0 Å². The minimum atomic E-state index is -4.34. The minimum absolute atomic E-state index is 0.154. The first-order valence-corrected chi connectivity index (χ1v) is 8.95. The Labute approximate surface area is 153 Å². The number of hydrogen-bond acceptors (Lipinski definition) is 6. The molecular weight excluding hydrogens is 365 g/mol. The number of anilines is 2. The minimum Gasteiger partial charge on any atom is -0.372 e. The summed E-state index contributed by atoms with van der Waals surface area (Å²) in [6, 6.07) is 4.72. The first-order chi connectivity index (χ1) is 12.3. The fourth-order valence-electron chi connectivity index (χ4n) is 2.72. The van der Waals surface area contributed by atoms with Crippen LogP contribution in [-0.4, -0.2) is 36.5 Å². The molecule has 0 radical (unpaired) electrons. The number of hydrazone groups is 1.